The summed E-state index contributed by atoms with van der Waals surface area (Å²) in [5.41, 5.74) is 5.50. The molecule has 0 aliphatic heterocycles. The first-order valence-corrected chi connectivity index (χ1v) is 7.69. The molecule has 96 valence electrons. The monoisotopic (exact) mass is 266 g/mol. The second-order valence-corrected chi connectivity index (χ2v) is 6.99. The summed E-state index contributed by atoms with van der Waals surface area (Å²) in [6.07, 6.45) is 0.676. The van der Waals surface area contributed by atoms with Crippen molar-refractivity contribution in [2.75, 3.05) is 31.6 Å². The second-order valence-electron chi connectivity index (χ2n) is 4.22. The van der Waals surface area contributed by atoms with Crippen molar-refractivity contribution in [1.29, 1.82) is 0 Å². The minimum Gasteiger partial charge on any atom is -0.393 e. The molecule has 4 nitrogen and oxygen atoms in total. The summed E-state index contributed by atoms with van der Waals surface area (Å²) in [5, 5.41) is 0. The molecule has 6 heteroatoms. The zero-order valence-corrected chi connectivity index (χ0v) is 11.9. The maximum Gasteiger partial charge on any atom is 0.151 e. The standard InChI is InChI=1S/C10H22N2O2S2/c1-4-6-16(13,14)7-5-12(3)8-9(2)10(11)15/h9H,4-8H2,1-3H3,(H2,11,15). The van der Waals surface area contributed by atoms with E-state index in [2.05, 4.69) is 0 Å². The Kier molecular flexibility index (Phi) is 7.10. The molecule has 0 aromatic carbocycles. The van der Waals surface area contributed by atoms with Gasteiger partial charge in [-0.05, 0) is 13.5 Å². The van der Waals surface area contributed by atoms with Gasteiger partial charge in [-0.2, -0.15) is 0 Å². The minimum absolute atomic E-state index is 0.119. The summed E-state index contributed by atoms with van der Waals surface area (Å²) < 4.78 is 23.0. The molecule has 0 saturated carbocycles. The van der Waals surface area contributed by atoms with E-state index in [1.807, 2.05) is 25.8 Å². The Hall–Kier alpha value is -0.200. The lowest BCUT2D eigenvalue weighted by molar-refractivity contribution is 0.332. The highest BCUT2D eigenvalue weighted by Crippen LogP contribution is 2.00. The van der Waals surface area contributed by atoms with E-state index in [1.165, 1.54) is 0 Å². The molecule has 1 unspecified atom stereocenters. The second kappa shape index (κ2) is 7.19. The van der Waals surface area contributed by atoms with Gasteiger partial charge in [-0.1, -0.05) is 26.1 Å². The Bertz CT molecular complexity index is 315. The van der Waals surface area contributed by atoms with Gasteiger partial charge in [0.05, 0.1) is 10.7 Å². The van der Waals surface area contributed by atoms with E-state index in [0.717, 1.165) is 0 Å². The van der Waals surface area contributed by atoms with Gasteiger partial charge < -0.3 is 10.6 Å². The van der Waals surface area contributed by atoms with Gasteiger partial charge >= 0.3 is 0 Å². The van der Waals surface area contributed by atoms with E-state index < -0.39 is 9.84 Å². The minimum atomic E-state index is -2.89. The predicted octanol–water partition coefficient (Wildman–Crippen LogP) is 0.665. The van der Waals surface area contributed by atoms with Crippen LogP contribution in [0, 0.1) is 5.92 Å². The van der Waals surface area contributed by atoms with Crippen molar-refractivity contribution in [1.82, 2.24) is 4.90 Å². The van der Waals surface area contributed by atoms with E-state index in [0.29, 0.717) is 24.5 Å². The van der Waals surface area contributed by atoms with Gasteiger partial charge in [0.15, 0.2) is 9.84 Å². The van der Waals surface area contributed by atoms with Crippen molar-refractivity contribution in [3.05, 3.63) is 0 Å². The number of hydrogen-bond acceptors (Lipinski definition) is 4. The molecule has 0 spiro atoms. The summed E-state index contributed by atoms with van der Waals surface area (Å²) in [5.74, 6) is 0.599. The topological polar surface area (TPSA) is 63.4 Å². The van der Waals surface area contributed by atoms with Crippen molar-refractivity contribution in [3.63, 3.8) is 0 Å². The van der Waals surface area contributed by atoms with E-state index in [-0.39, 0.29) is 17.4 Å². The third kappa shape index (κ3) is 7.14. The Labute approximate surface area is 104 Å². The third-order valence-electron chi connectivity index (χ3n) is 2.37. The van der Waals surface area contributed by atoms with E-state index in [1.54, 1.807) is 0 Å². The maximum atomic E-state index is 11.5. The zero-order valence-electron chi connectivity index (χ0n) is 10.3. The molecule has 0 aliphatic rings. The molecule has 1 atom stereocenters. The number of thiocarbonyl (C=S) groups is 1. The summed E-state index contributed by atoms with van der Waals surface area (Å²) in [6.45, 7) is 5.06. The normalized spacial score (nSPS) is 14.0. The molecule has 0 bridgehead atoms. The Morgan fingerprint density at radius 3 is 2.44 bits per heavy atom. The number of hydrogen-bond donors (Lipinski definition) is 1. The average Bonchev–Trinajstić information content (AvgIpc) is 2.14. The lowest BCUT2D eigenvalue weighted by Gasteiger charge is -2.20. The molecule has 0 saturated heterocycles. The summed E-state index contributed by atoms with van der Waals surface area (Å²) in [7, 11) is -1.00. The lowest BCUT2D eigenvalue weighted by Crippen LogP contribution is -2.34. The molecule has 0 heterocycles. The fourth-order valence-corrected chi connectivity index (χ4v) is 2.85. The van der Waals surface area contributed by atoms with Crippen LogP contribution >= 0.6 is 12.2 Å². The van der Waals surface area contributed by atoms with Crippen LogP contribution in [0.4, 0.5) is 0 Å². The van der Waals surface area contributed by atoms with Crippen molar-refractivity contribution < 1.29 is 8.42 Å². The van der Waals surface area contributed by atoms with E-state index in [4.69, 9.17) is 18.0 Å². The first-order chi connectivity index (χ1) is 7.28. The van der Waals surface area contributed by atoms with Crippen LogP contribution in [-0.4, -0.2) is 49.9 Å². The van der Waals surface area contributed by atoms with Gasteiger partial charge in [-0.15, -0.1) is 0 Å². The van der Waals surface area contributed by atoms with Gasteiger partial charge in [0.1, 0.15) is 0 Å². The molecule has 0 aromatic rings. The fraction of sp³-hybridized carbons (Fsp3) is 0.900. The fourth-order valence-electron chi connectivity index (χ4n) is 1.36. The van der Waals surface area contributed by atoms with E-state index in [9.17, 15) is 8.42 Å². The zero-order chi connectivity index (χ0) is 12.8. The molecule has 0 rings (SSSR count). The highest BCUT2D eigenvalue weighted by molar-refractivity contribution is 7.91. The van der Waals surface area contributed by atoms with Crippen LogP contribution < -0.4 is 5.73 Å². The SMILES string of the molecule is CCCS(=O)(=O)CCN(C)CC(C)C(N)=S. The highest BCUT2D eigenvalue weighted by Gasteiger charge is 2.13. The van der Waals surface area contributed by atoms with Crippen molar-refractivity contribution >= 4 is 27.0 Å². The summed E-state index contributed by atoms with van der Waals surface area (Å²) in [6, 6.07) is 0. The molecule has 16 heavy (non-hydrogen) atoms. The third-order valence-corrected chi connectivity index (χ3v) is 4.61. The first-order valence-electron chi connectivity index (χ1n) is 5.46. The van der Waals surface area contributed by atoms with Crippen LogP contribution in [0.25, 0.3) is 0 Å². The highest BCUT2D eigenvalue weighted by atomic mass is 32.2. The largest absolute Gasteiger partial charge is 0.393 e. The molecule has 2 N–H and O–H groups in total. The van der Waals surface area contributed by atoms with Crippen LogP contribution in [0.3, 0.4) is 0 Å². The summed E-state index contributed by atoms with van der Waals surface area (Å²) >= 11 is 4.87. The maximum absolute atomic E-state index is 11.5. The average molecular weight is 266 g/mol. The van der Waals surface area contributed by atoms with Crippen LogP contribution in [0.15, 0.2) is 0 Å². The predicted molar refractivity (Wildman–Crippen MR) is 72.4 cm³/mol. The number of nitrogens with two attached hydrogens (primary N) is 1. The molecule has 0 aromatic heterocycles. The van der Waals surface area contributed by atoms with Crippen LogP contribution in [0.2, 0.25) is 0 Å². The number of sulfone groups is 1. The van der Waals surface area contributed by atoms with Gasteiger partial charge in [-0.25, -0.2) is 8.42 Å². The van der Waals surface area contributed by atoms with Crippen LogP contribution in [-0.2, 0) is 9.84 Å². The summed E-state index contributed by atoms with van der Waals surface area (Å²) in [4.78, 5) is 2.43. The lowest BCUT2D eigenvalue weighted by atomic mass is 10.2. The number of rotatable bonds is 8. The van der Waals surface area contributed by atoms with Gasteiger partial charge in [0.2, 0.25) is 0 Å². The smallest absolute Gasteiger partial charge is 0.151 e. The molecule has 0 amide bonds. The van der Waals surface area contributed by atoms with Crippen molar-refractivity contribution in [2.24, 2.45) is 11.7 Å². The molecular formula is C10H22N2O2S2. The Morgan fingerprint density at radius 2 is 2.00 bits per heavy atom. The molecule has 0 radical (unpaired) electrons. The van der Waals surface area contributed by atoms with E-state index >= 15 is 0 Å². The Balaban J connectivity index is 3.99. The van der Waals surface area contributed by atoms with Crippen molar-refractivity contribution in [2.45, 2.75) is 20.3 Å². The first kappa shape index (κ1) is 15.8. The van der Waals surface area contributed by atoms with Crippen LogP contribution in [0.5, 0.6) is 0 Å². The quantitative estimate of drug-likeness (QED) is 0.654. The molecule has 0 fully saturated rings. The molecule has 0 aliphatic carbocycles. The van der Waals surface area contributed by atoms with Crippen LogP contribution in [0.1, 0.15) is 20.3 Å². The van der Waals surface area contributed by atoms with Gasteiger partial charge in [0, 0.05) is 24.8 Å². The Morgan fingerprint density at radius 1 is 1.44 bits per heavy atom. The number of nitrogens with zero attached hydrogens (tertiary/aromatic N) is 1. The van der Waals surface area contributed by atoms with Gasteiger partial charge in [0.25, 0.3) is 0 Å². The molecular weight excluding hydrogens is 244 g/mol. The van der Waals surface area contributed by atoms with Gasteiger partial charge in [-0.3, -0.25) is 0 Å². The van der Waals surface area contributed by atoms with Crippen molar-refractivity contribution in [3.8, 4) is 0 Å².